The Morgan fingerprint density at radius 3 is 2.56 bits per heavy atom. The van der Waals surface area contributed by atoms with Crippen LogP contribution in [0.1, 0.15) is 21.6 Å². The standard InChI is InChI=1S/C29H21FN4OS/c30-24-12-10-20(11-13-24)14-25-17-32-29(36-25)33-28(35)22(16-31)15-23-19-34(18-21-6-2-1-3-7-21)27-9-5-4-8-26(23)27/h1-13,15,17,19H,14,18H2,(H,32,33,35). The lowest BCUT2D eigenvalue weighted by molar-refractivity contribution is -0.112. The highest BCUT2D eigenvalue weighted by atomic mass is 32.1. The molecule has 2 heterocycles. The van der Waals surface area contributed by atoms with Gasteiger partial charge < -0.3 is 4.57 Å². The topological polar surface area (TPSA) is 70.7 Å². The minimum Gasteiger partial charge on any atom is -0.342 e. The van der Waals surface area contributed by atoms with Crippen LogP contribution < -0.4 is 5.32 Å². The normalized spacial score (nSPS) is 11.4. The van der Waals surface area contributed by atoms with E-state index in [0.717, 1.165) is 32.5 Å². The lowest BCUT2D eigenvalue weighted by atomic mass is 10.1. The molecule has 0 aliphatic rings. The Morgan fingerprint density at radius 2 is 1.78 bits per heavy atom. The number of rotatable bonds is 7. The maximum Gasteiger partial charge on any atom is 0.268 e. The van der Waals surface area contributed by atoms with Gasteiger partial charge in [-0.15, -0.1) is 11.3 Å². The average molecular weight is 493 g/mol. The maximum atomic E-state index is 13.1. The molecule has 5 aromatic rings. The van der Waals surface area contributed by atoms with Crippen molar-refractivity contribution in [3.63, 3.8) is 0 Å². The summed E-state index contributed by atoms with van der Waals surface area (Å²) in [5.74, 6) is -0.796. The highest BCUT2D eigenvalue weighted by Crippen LogP contribution is 2.26. The number of fused-ring (bicyclic) bond motifs is 1. The summed E-state index contributed by atoms with van der Waals surface area (Å²) >= 11 is 1.32. The lowest BCUT2D eigenvalue weighted by Crippen LogP contribution is -2.13. The smallest absolute Gasteiger partial charge is 0.268 e. The van der Waals surface area contributed by atoms with Crippen LogP contribution in [0.2, 0.25) is 0 Å². The van der Waals surface area contributed by atoms with Gasteiger partial charge in [-0.1, -0.05) is 60.7 Å². The highest BCUT2D eigenvalue weighted by Gasteiger charge is 2.15. The minimum atomic E-state index is -0.514. The van der Waals surface area contributed by atoms with Gasteiger partial charge in [0.2, 0.25) is 0 Å². The number of nitrogens with zero attached hydrogens (tertiary/aromatic N) is 3. The monoisotopic (exact) mass is 492 g/mol. The zero-order valence-electron chi connectivity index (χ0n) is 19.2. The Labute approximate surface area is 211 Å². The number of anilines is 1. The Bertz CT molecular complexity index is 1590. The van der Waals surface area contributed by atoms with Crippen molar-refractivity contribution in [2.24, 2.45) is 0 Å². The van der Waals surface area contributed by atoms with Crippen LogP contribution in [-0.2, 0) is 17.8 Å². The summed E-state index contributed by atoms with van der Waals surface area (Å²) in [6.07, 6.45) is 5.84. The molecule has 0 saturated heterocycles. The molecule has 0 radical (unpaired) electrons. The summed E-state index contributed by atoms with van der Waals surface area (Å²) in [6, 6.07) is 26.4. The fourth-order valence-electron chi connectivity index (χ4n) is 4.02. The van der Waals surface area contributed by atoms with Crippen LogP contribution in [0.3, 0.4) is 0 Å². The molecular weight excluding hydrogens is 471 g/mol. The van der Waals surface area contributed by atoms with Crippen LogP contribution in [-0.4, -0.2) is 15.5 Å². The number of nitrogens with one attached hydrogen (secondary N) is 1. The van der Waals surface area contributed by atoms with E-state index in [1.54, 1.807) is 24.4 Å². The van der Waals surface area contributed by atoms with Crippen LogP contribution in [0.4, 0.5) is 9.52 Å². The molecule has 1 amide bonds. The molecule has 0 aliphatic heterocycles. The molecule has 5 rings (SSSR count). The molecular formula is C29H21FN4OS. The van der Waals surface area contributed by atoms with E-state index in [0.29, 0.717) is 18.1 Å². The molecule has 7 heteroatoms. The first-order valence-corrected chi connectivity index (χ1v) is 12.1. The van der Waals surface area contributed by atoms with Crippen LogP contribution in [0, 0.1) is 17.1 Å². The lowest BCUT2D eigenvalue weighted by Gasteiger charge is -2.05. The van der Waals surface area contributed by atoms with Gasteiger partial charge in [0.1, 0.15) is 17.5 Å². The Morgan fingerprint density at radius 1 is 1.03 bits per heavy atom. The van der Waals surface area contributed by atoms with Gasteiger partial charge in [-0.2, -0.15) is 5.26 Å². The predicted molar refractivity (Wildman–Crippen MR) is 141 cm³/mol. The molecule has 0 atom stereocenters. The van der Waals surface area contributed by atoms with E-state index in [2.05, 4.69) is 27.0 Å². The molecule has 0 aliphatic carbocycles. The molecule has 5 nitrogen and oxygen atoms in total. The first-order valence-electron chi connectivity index (χ1n) is 11.3. The largest absolute Gasteiger partial charge is 0.342 e. The van der Waals surface area contributed by atoms with Crippen LogP contribution in [0.15, 0.2) is 96.8 Å². The molecule has 36 heavy (non-hydrogen) atoms. The van der Waals surface area contributed by atoms with E-state index in [1.807, 2.05) is 54.7 Å². The van der Waals surface area contributed by atoms with Crippen LogP contribution >= 0.6 is 11.3 Å². The Kier molecular flexibility index (Phi) is 6.69. The van der Waals surface area contributed by atoms with Gasteiger partial charge in [-0.25, -0.2) is 9.37 Å². The Balaban J connectivity index is 1.36. The van der Waals surface area contributed by atoms with Crippen molar-refractivity contribution in [3.8, 4) is 6.07 Å². The average Bonchev–Trinajstić information content (AvgIpc) is 3.48. The van der Waals surface area contributed by atoms with Gasteiger partial charge in [0.25, 0.3) is 5.91 Å². The number of hydrogen-bond acceptors (Lipinski definition) is 4. The number of para-hydroxylation sites is 1. The van der Waals surface area contributed by atoms with Gasteiger partial charge in [0, 0.05) is 46.7 Å². The minimum absolute atomic E-state index is 0.00658. The van der Waals surface area contributed by atoms with Crippen molar-refractivity contribution >= 4 is 39.4 Å². The third-order valence-corrected chi connectivity index (χ3v) is 6.66. The second-order valence-corrected chi connectivity index (χ2v) is 9.39. The second kappa shape index (κ2) is 10.4. The second-order valence-electron chi connectivity index (χ2n) is 8.27. The van der Waals surface area contributed by atoms with Gasteiger partial charge in [0.15, 0.2) is 5.13 Å². The predicted octanol–water partition coefficient (Wildman–Crippen LogP) is 6.42. The van der Waals surface area contributed by atoms with Gasteiger partial charge in [-0.3, -0.25) is 10.1 Å². The number of nitriles is 1. The van der Waals surface area contributed by atoms with E-state index in [4.69, 9.17) is 0 Å². The number of halogens is 1. The van der Waals surface area contributed by atoms with Crippen molar-refractivity contribution in [1.82, 2.24) is 9.55 Å². The first kappa shape index (κ1) is 23.2. The summed E-state index contributed by atoms with van der Waals surface area (Å²) in [6.45, 7) is 0.680. The molecule has 0 saturated carbocycles. The van der Waals surface area contributed by atoms with Crippen molar-refractivity contribution < 1.29 is 9.18 Å². The summed E-state index contributed by atoms with van der Waals surface area (Å²) in [5.41, 5.74) is 3.92. The molecule has 0 unspecified atom stereocenters. The van der Waals surface area contributed by atoms with Crippen molar-refractivity contribution in [3.05, 3.63) is 124 Å². The number of amides is 1. The SMILES string of the molecule is N#CC(=Cc1cn(Cc2ccccc2)c2ccccc12)C(=O)Nc1ncc(Cc2ccc(F)cc2)s1. The van der Waals surface area contributed by atoms with E-state index in [-0.39, 0.29) is 11.4 Å². The van der Waals surface area contributed by atoms with E-state index in [1.165, 1.54) is 23.5 Å². The number of aromatic nitrogens is 2. The third-order valence-electron chi connectivity index (χ3n) is 5.75. The fraction of sp³-hybridized carbons (Fsp3) is 0.0690. The molecule has 0 spiro atoms. The summed E-state index contributed by atoms with van der Waals surface area (Å²) < 4.78 is 15.3. The van der Waals surface area contributed by atoms with Crippen molar-refractivity contribution in [2.75, 3.05) is 5.32 Å². The number of benzene rings is 3. The fourth-order valence-corrected chi connectivity index (χ4v) is 4.86. The summed E-state index contributed by atoms with van der Waals surface area (Å²) in [5, 5.41) is 13.8. The first-order chi connectivity index (χ1) is 17.6. The van der Waals surface area contributed by atoms with Gasteiger partial charge in [-0.05, 0) is 35.4 Å². The molecule has 176 valence electrons. The number of carbonyl (C=O) groups excluding carboxylic acids is 1. The molecule has 1 N–H and O–H groups in total. The van der Waals surface area contributed by atoms with E-state index >= 15 is 0 Å². The molecule has 3 aromatic carbocycles. The van der Waals surface area contributed by atoms with Crippen LogP contribution in [0.25, 0.3) is 17.0 Å². The summed E-state index contributed by atoms with van der Waals surface area (Å²) in [7, 11) is 0. The zero-order chi connectivity index (χ0) is 24.9. The molecule has 0 fully saturated rings. The zero-order valence-corrected chi connectivity index (χ0v) is 20.0. The molecule has 2 aromatic heterocycles. The van der Waals surface area contributed by atoms with Gasteiger partial charge in [0.05, 0.1) is 0 Å². The number of carbonyl (C=O) groups is 1. The highest BCUT2D eigenvalue weighted by molar-refractivity contribution is 7.15. The molecule has 0 bridgehead atoms. The number of hydrogen-bond donors (Lipinski definition) is 1. The van der Waals surface area contributed by atoms with Crippen molar-refractivity contribution in [2.45, 2.75) is 13.0 Å². The summed E-state index contributed by atoms with van der Waals surface area (Å²) in [4.78, 5) is 18.1. The van der Waals surface area contributed by atoms with E-state index < -0.39 is 5.91 Å². The number of thiazole rings is 1. The van der Waals surface area contributed by atoms with Crippen LogP contribution in [0.5, 0.6) is 0 Å². The van der Waals surface area contributed by atoms with Crippen molar-refractivity contribution in [1.29, 1.82) is 5.26 Å². The third kappa shape index (κ3) is 5.24. The van der Waals surface area contributed by atoms with Gasteiger partial charge >= 0.3 is 0 Å². The Hall–Kier alpha value is -4.54. The quantitative estimate of drug-likeness (QED) is 0.210. The maximum absolute atomic E-state index is 13.1. The van der Waals surface area contributed by atoms with E-state index in [9.17, 15) is 14.4 Å².